The molecule has 1 aromatic heterocycles. The minimum atomic E-state index is -0.662. The van der Waals surface area contributed by atoms with Gasteiger partial charge in [-0.25, -0.2) is 14.4 Å². The van der Waals surface area contributed by atoms with Gasteiger partial charge in [0.2, 0.25) is 5.91 Å². The Bertz CT molecular complexity index is 669. The molecule has 2 aliphatic rings. The molecular weight excluding hydrogens is 292 g/mol. The van der Waals surface area contributed by atoms with Crippen LogP contribution in [0.4, 0.5) is 4.79 Å². The normalized spacial score (nSPS) is 21.4. The smallest absolute Gasteiger partial charge is 0.417 e. The SMILES string of the molecule is O=C(Cn1ncccc1=O)N1CCC(N2C(=O)COC2=O)C1. The molecule has 0 bridgehead atoms. The molecule has 116 valence electrons. The number of amides is 3. The molecule has 0 aromatic carbocycles. The molecule has 1 unspecified atom stereocenters. The predicted molar refractivity (Wildman–Crippen MR) is 71.7 cm³/mol. The van der Waals surface area contributed by atoms with Gasteiger partial charge in [0.25, 0.3) is 11.5 Å². The summed E-state index contributed by atoms with van der Waals surface area (Å²) < 4.78 is 5.75. The Balaban J connectivity index is 1.64. The van der Waals surface area contributed by atoms with E-state index < -0.39 is 6.09 Å². The lowest BCUT2D eigenvalue weighted by molar-refractivity contribution is -0.132. The van der Waals surface area contributed by atoms with Gasteiger partial charge in [-0.2, -0.15) is 5.10 Å². The summed E-state index contributed by atoms with van der Waals surface area (Å²) in [6.45, 7) is 0.265. The molecule has 3 rings (SSSR count). The maximum absolute atomic E-state index is 12.2. The molecule has 0 spiro atoms. The van der Waals surface area contributed by atoms with Crippen molar-refractivity contribution in [1.29, 1.82) is 0 Å². The number of cyclic esters (lactones) is 1. The first kappa shape index (κ1) is 14.2. The van der Waals surface area contributed by atoms with Crippen LogP contribution in [0.1, 0.15) is 6.42 Å². The van der Waals surface area contributed by atoms with Crippen molar-refractivity contribution in [3.63, 3.8) is 0 Å². The van der Waals surface area contributed by atoms with E-state index in [9.17, 15) is 19.2 Å². The average molecular weight is 306 g/mol. The fourth-order valence-electron chi connectivity index (χ4n) is 2.63. The molecule has 3 amide bonds. The Hall–Kier alpha value is -2.71. The standard InChI is InChI=1S/C13H14N4O5/c18-10-2-1-4-14-16(10)7-11(19)15-5-3-9(6-15)17-12(20)8-22-13(17)21/h1-2,4,9H,3,5-8H2. The second kappa shape index (κ2) is 5.58. The van der Waals surface area contributed by atoms with E-state index >= 15 is 0 Å². The number of nitrogens with zero attached hydrogens (tertiary/aromatic N) is 4. The Kier molecular flexibility index (Phi) is 3.61. The minimum Gasteiger partial charge on any atom is -0.439 e. The topological polar surface area (TPSA) is 102 Å². The van der Waals surface area contributed by atoms with Crippen molar-refractivity contribution in [2.24, 2.45) is 0 Å². The molecule has 9 nitrogen and oxygen atoms in total. The fraction of sp³-hybridized carbons (Fsp3) is 0.462. The van der Waals surface area contributed by atoms with Crippen LogP contribution >= 0.6 is 0 Å². The Morgan fingerprint density at radius 1 is 1.36 bits per heavy atom. The lowest BCUT2D eigenvalue weighted by Crippen LogP contribution is -2.43. The van der Waals surface area contributed by atoms with Crippen molar-refractivity contribution in [2.75, 3.05) is 19.7 Å². The molecule has 0 aliphatic carbocycles. The number of hydrogen-bond donors (Lipinski definition) is 0. The van der Waals surface area contributed by atoms with Crippen molar-refractivity contribution in [3.05, 3.63) is 28.7 Å². The first-order valence-electron chi connectivity index (χ1n) is 6.85. The average Bonchev–Trinajstić information content (AvgIpc) is 3.08. The quantitative estimate of drug-likeness (QED) is 0.697. The van der Waals surface area contributed by atoms with Gasteiger partial charge in [0, 0.05) is 25.4 Å². The van der Waals surface area contributed by atoms with Crippen LogP contribution < -0.4 is 5.56 Å². The summed E-state index contributed by atoms with van der Waals surface area (Å²) >= 11 is 0. The monoisotopic (exact) mass is 306 g/mol. The Labute approximate surface area is 125 Å². The minimum absolute atomic E-state index is 0.162. The van der Waals surface area contributed by atoms with Gasteiger partial charge in [-0.1, -0.05) is 0 Å². The Morgan fingerprint density at radius 3 is 2.86 bits per heavy atom. The summed E-state index contributed by atoms with van der Waals surface area (Å²) in [5.41, 5.74) is -0.357. The first-order chi connectivity index (χ1) is 10.6. The number of rotatable bonds is 3. The van der Waals surface area contributed by atoms with Crippen molar-refractivity contribution >= 4 is 17.9 Å². The van der Waals surface area contributed by atoms with E-state index in [4.69, 9.17) is 0 Å². The Morgan fingerprint density at radius 2 is 2.18 bits per heavy atom. The fourth-order valence-corrected chi connectivity index (χ4v) is 2.63. The molecule has 22 heavy (non-hydrogen) atoms. The molecular formula is C13H14N4O5. The third kappa shape index (κ3) is 2.57. The van der Waals surface area contributed by atoms with E-state index in [2.05, 4.69) is 9.84 Å². The molecule has 2 aliphatic heterocycles. The van der Waals surface area contributed by atoms with Gasteiger partial charge in [0.15, 0.2) is 6.61 Å². The van der Waals surface area contributed by atoms with E-state index in [0.29, 0.717) is 13.0 Å². The van der Waals surface area contributed by atoms with Crippen LogP contribution in [0.25, 0.3) is 0 Å². The van der Waals surface area contributed by atoms with Crippen molar-refractivity contribution in [3.8, 4) is 0 Å². The number of likely N-dealkylation sites (tertiary alicyclic amines) is 1. The van der Waals surface area contributed by atoms with Crippen molar-refractivity contribution in [2.45, 2.75) is 19.0 Å². The van der Waals surface area contributed by atoms with Crippen molar-refractivity contribution in [1.82, 2.24) is 19.6 Å². The van der Waals surface area contributed by atoms with Crippen LogP contribution in [0, 0.1) is 0 Å². The zero-order chi connectivity index (χ0) is 15.7. The third-order valence-corrected chi connectivity index (χ3v) is 3.74. The van der Waals surface area contributed by atoms with Gasteiger partial charge in [-0.15, -0.1) is 0 Å². The highest BCUT2D eigenvalue weighted by Gasteiger charge is 2.41. The summed E-state index contributed by atoms with van der Waals surface area (Å²) in [5, 5.41) is 3.83. The van der Waals surface area contributed by atoms with Gasteiger partial charge in [0.05, 0.1) is 6.04 Å². The lowest BCUT2D eigenvalue weighted by atomic mass is 10.2. The second-order valence-corrected chi connectivity index (χ2v) is 5.12. The number of aromatic nitrogens is 2. The number of imide groups is 1. The summed E-state index contributed by atoms with van der Waals surface area (Å²) in [4.78, 5) is 49.4. The summed E-state index contributed by atoms with van der Waals surface area (Å²) in [6, 6.07) is 2.46. The molecule has 9 heteroatoms. The highest BCUT2D eigenvalue weighted by molar-refractivity contribution is 5.98. The van der Waals surface area contributed by atoms with Gasteiger partial charge < -0.3 is 9.64 Å². The van der Waals surface area contributed by atoms with Crippen molar-refractivity contribution < 1.29 is 19.1 Å². The zero-order valence-electron chi connectivity index (χ0n) is 11.7. The van der Waals surface area contributed by atoms with Crippen LogP contribution in [0.15, 0.2) is 23.1 Å². The predicted octanol–water partition coefficient (Wildman–Crippen LogP) is -1.18. The second-order valence-electron chi connectivity index (χ2n) is 5.12. The van der Waals surface area contributed by atoms with Crippen LogP contribution in [0.3, 0.4) is 0 Å². The van der Waals surface area contributed by atoms with E-state index in [1.54, 1.807) is 0 Å². The van der Waals surface area contributed by atoms with Gasteiger partial charge in [-0.3, -0.25) is 14.4 Å². The highest BCUT2D eigenvalue weighted by atomic mass is 16.6. The van der Waals surface area contributed by atoms with E-state index in [1.807, 2.05) is 0 Å². The lowest BCUT2D eigenvalue weighted by Gasteiger charge is -2.20. The molecule has 0 saturated carbocycles. The molecule has 1 aromatic rings. The van der Waals surface area contributed by atoms with Crippen LogP contribution in [-0.2, 0) is 20.9 Å². The number of ether oxygens (including phenoxy) is 1. The largest absolute Gasteiger partial charge is 0.439 e. The third-order valence-electron chi connectivity index (χ3n) is 3.74. The number of carbonyl (C=O) groups excluding carboxylic acids is 3. The highest BCUT2D eigenvalue weighted by Crippen LogP contribution is 2.20. The number of carbonyl (C=O) groups is 3. The molecule has 0 radical (unpaired) electrons. The first-order valence-corrected chi connectivity index (χ1v) is 6.85. The van der Waals surface area contributed by atoms with E-state index in [1.165, 1.54) is 23.2 Å². The molecule has 3 heterocycles. The van der Waals surface area contributed by atoms with E-state index in [-0.39, 0.29) is 43.1 Å². The maximum Gasteiger partial charge on any atom is 0.417 e. The van der Waals surface area contributed by atoms with Crippen LogP contribution in [0.5, 0.6) is 0 Å². The molecule has 0 N–H and O–H groups in total. The van der Waals surface area contributed by atoms with E-state index in [0.717, 1.165) is 9.58 Å². The zero-order valence-corrected chi connectivity index (χ0v) is 11.7. The van der Waals surface area contributed by atoms with Gasteiger partial charge in [-0.05, 0) is 12.5 Å². The van der Waals surface area contributed by atoms with Gasteiger partial charge in [0.1, 0.15) is 6.54 Å². The van der Waals surface area contributed by atoms with Crippen LogP contribution in [0.2, 0.25) is 0 Å². The summed E-state index contributed by atoms with van der Waals surface area (Å²) in [7, 11) is 0. The van der Waals surface area contributed by atoms with Gasteiger partial charge >= 0.3 is 6.09 Å². The number of hydrogen-bond acceptors (Lipinski definition) is 6. The molecule has 1 atom stereocenters. The molecule has 2 saturated heterocycles. The molecule has 2 fully saturated rings. The summed E-state index contributed by atoms with van der Waals surface area (Å²) in [6.07, 6.45) is 1.27. The summed E-state index contributed by atoms with van der Waals surface area (Å²) in [5.74, 6) is -0.659. The maximum atomic E-state index is 12.2. The van der Waals surface area contributed by atoms with Crippen LogP contribution in [-0.4, -0.2) is 63.2 Å².